The van der Waals surface area contributed by atoms with Gasteiger partial charge in [-0.05, 0) is 37.0 Å². The Morgan fingerprint density at radius 3 is 2.90 bits per heavy atom. The molecule has 110 valence electrons. The van der Waals surface area contributed by atoms with Crippen molar-refractivity contribution in [2.75, 3.05) is 20.3 Å². The van der Waals surface area contributed by atoms with Crippen LogP contribution in [0.3, 0.4) is 0 Å². The molecule has 1 aromatic rings. The summed E-state index contributed by atoms with van der Waals surface area (Å²) in [6.45, 7) is 1.44. The third kappa shape index (κ3) is 4.21. The number of rotatable bonds is 5. The van der Waals surface area contributed by atoms with E-state index < -0.39 is 6.04 Å². The van der Waals surface area contributed by atoms with Crippen molar-refractivity contribution >= 4 is 5.97 Å². The van der Waals surface area contributed by atoms with E-state index in [0.29, 0.717) is 6.42 Å². The molecule has 1 aliphatic rings. The lowest BCUT2D eigenvalue weighted by molar-refractivity contribution is -0.143. The Hall–Kier alpha value is -1.59. The second kappa shape index (κ2) is 7.26. The molecule has 5 nitrogen and oxygen atoms in total. The Kier molecular flexibility index (Phi) is 5.38. The monoisotopic (exact) mass is 279 g/mol. The van der Waals surface area contributed by atoms with Gasteiger partial charge in [0, 0.05) is 19.3 Å². The van der Waals surface area contributed by atoms with Crippen LogP contribution < -0.4 is 5.32 Å². The quantitative estimate of drug-likeness (QED) is 0.794. The summed E-state index contributed by atoms with van der Waals surface area (Å²) in [4.78, 5) is 11.9. The van der Waals surface area contributed by atoms with Crippen molar-refractivity contribution in [1.82, 2.24) is 5.32 Å². The molecule has 0 bridgehead atoms. The summed E-state index contributed by atoms with van der Waals surface area (Å²) in [6, 6.07) is 6.81. The summed E-state index contributed by atoms with van der Waals surface area (Å²) < 4.78 is 10.2. The van der Waals surface area contributed by atoms with E-state index in [2.05, 4.69) is 5.32 Å². The standard InChI is InChI=1S/C15H21NO4/c1-19-15(18)14(16-12-5-7-20-8-6-12)10-11-3-2-4-13(17)9-11/h2-4,9,12,14,16-17H,5-8,10H2,1H3. The molecule has 2 rings (SSSR count). The molecule has 1 heterocycles. The number of esters is 1. The fourth-order valence-electron chi connectivity index (χ4n) is 2.42. The molecule has 1 saturated heterocycles. The first kappa shape index (κ1) is 14.8. The molecule has 1 atom stereocenters. The topological polar surface area (TPSA) is 67.8 Å². The SMILES string of the molecule is COC(=O)C(Cc1cccc(O)c1)NC1CCOCC1. The third-order valence-electron chi connectivity index (χ3n) is 3.49. The lowest BCUT2D eigenvalue weighted by Gasteiger charge is -2.27. The van der Waals surface area contributed by atoms with Gasteiger partial charge in [-0.25, -0.2) is 0 Å². The summed E-state index contributed by atoms with van der Waals surface area (Å²) in [5, 5.41) is 12.8. The number of hydrogen-bond donors (Lipinski definition) is 2. The van der Waals surface area contributed by atoms with Crippen molar-refractivity contribution in [3.8, 4) is 5.75 Å². The smallest absolute Gasteiger partial charge is 0.323 e. The van der Waals surface area contributed by atoms with Crippen molar-refractivity contribution in [2.24, 2.45) is 0 Å². The maximum Gasteiger partial charge on any atom is 0.323 e. The van der Waals surface area contributed by atoms with Crippen LogP contribution in [0.1, 0.15) is 18.4 Å². The van der Waals surface area contributed by atoms with Crippen LogP contribution >= 0.6 is 0 Å². The summed E-state index contributed by atoms with van der Waals surface area (Å²) >= 11 is 0. The van der Waals surface area contributed by atoms with Gasteiger partial charge in [0.05, 0.1) is 7.11 Å². The lowest BCUT2D eigenvalue weighted by atomic mass is 10.0. The van der Waals surface area contributed by atoms with Crippen LogP contribution in [0.4, 0.5) is 0 Å². The van der Waals surface area contributed by atoms with E-state index in [1.54, 1.807) is 18.2 Å². The van der Waals surface area contributed by atoms with Gasteiger partial charge < -0.3 is 19.9 Å². The molecule has 5 heteroatoms. The predicted octanol–water partition coefficient (Wildman–Crippen LogP) is 1.24. The highest BCUT2D eigenvalue weighted by Crippen LogP contribution is 2.15. The molecule has 0 aromatic heterocycles. The maximum absolute atomic E-state index is 11.9. The number of benzene rings is 1. The van der Waals surface area contributed by atoms with Crippen molar-refractivity contribution in [3.05, 3.63) is 29.8 Å². The van der Waals surface area contributed by atoms with Gasteiger partial charge in [-0.3, -0.25) is 4.79 Å². The van der Waals surface area contributed by atoms with Gasteiger partial charge in [-0.2, -0.15) is 0 Å². The number of aromatic hydroxyl groups is 1. The molecule has 1 fully saturated rings. The van der Waals surface area contributed by atoms with Gasteiger partial charge in [-0.15, -0.1) is 0 Å². The maximum atomic E-state index is 11.9. The molecule has 0 saturated carbocycles. The minimum atomic E-state index is -0.398. The van der Waals surface area contributed by atoms with Crippen LogP contribution in [0.25, 0.3) is 0 Å². The van der Waals surface area contributed by atoms with Gasteiger partial charge in [-0.1, -0.05) is 12.1 Å². The molecule has 20 heavy (non-hydrogen) atoms. The van der Waals surface area contributed by atoms with E-state index in [1.165, 1.54) is 7.11 Å². The van der Waals surface area contributed by atoms with Gasteiger partial charge in [0.2, 0.25) is 0 Å². The minimum absolute atomic E-state index is 0.206. The highest BCUT2D eigenvalue weighted by atomic mass is 16.5. The first-order valence-corrected chi connectivity index (χ1v) is 6.88. The van der Waals surface area contributed by atoms with Gasteiger partial charge in [0.1, 0.15) is 11.8 Å². The van der Waals surface area contributed by atoms with E-state index in [4.69, 9.17) is 9.47 Å². The van der Waals surface area contributed by atoms with Gasteiger partial charge >= 0.3 is 5.97 Å². The Morgan fingerprint density at radius 2 is 2.25 bits per heavy atom. The molecule has 0 aliphatic carbocycles. The zero-order valence-corrected chi connectivity index (χ0v) is 11.7. The highest BCUT2D eigenvalue weighted by Gasteiger charge is 2.24. The first-order chi connectivity index (χ1) is 9.69. The molecule has 1 aliphatic heterocycles. The Balaban J connectivity index is 2.01. The fraction of sp³-hybridized carbons (Fsp3) is 0.533. The summed E-state index contributed by atoms with van der Waals surface area (Å²) in [5.74, 6) is -0.0722. The Bertz CT molecular complexity index is 443. The van der Waals surface area contributed by atoms with Crippen LogP contribution in [0.2, 0.25) is 0 Å². The number of carbonyl (C=O) groups is 1. The van der Waals surface area contributed by atoms with Gasteiger partial charge in [0.15, 0.2) is 0 Å². The van der Waals surface area contributed by atoms with Gasteiger partial charge in [0.25, 0.3) is 0 Å². The Labute approximate surface area is 118 Å². The molecule has 2 N–H and O–H groups in total. The zero-order valence-electron chi connectivity index (χ0n) is 11.7. The van der Waals surface area contributed by atoms with Crippen molar-refractivity contribution in [3.63, 3.8) is 0 Å². The van der Waals surface area contributed by atoms with Crippen LogP contribution in [0.5, 0.6) is 5.75 Å². The number of carbonyl (C=O) groups excluding carboxylic acids is 1. The second-order valence-corrected chi connectivity index (χ2v) is 5.00. The van der Waals surface area contributed by atoms with Crippen molar-refractivity contribution in [2.45, 2.75) is 31.3 Å². The summed E-state index contributed by atoms with van der Waals surface area (Å²) in [7, 11) is 1.39. The number of methoxy groups -OCH3 is 1. The van der Waals surface area contributed by atoms with E-state index in [9.17, 15) is 9.90 Å². The average molecular weight is 279 g/mol. The molecule has 0 radical (unpaired) electrons. The lowest BCUT2D eigenvalue weighted by Crippen LogP contribution is -2.47. The highest BCUT2D eigenvalue weighted by molar-refractivity contribution is 5.76. The van der Waals surface area contributed by atoms with Crippen molar-refractivity contribution < 1.29 is 19.4 Å². The molecule has 1 aromatic carbocycles. The largest absolute Gasteiger partial charge is 0.508 e. The number of phenolic OH excluding ortho intramolecular Hbond substituents is 1. The van der Waals surface area contributed by atoms with Crippen LogP contribution in [0, 0.1) is 0 Å². The molecule has 0 amide bonds. The van der Waals surface area contributed by atoms with Crippen LogP contribution in [-0.2, 0) is 20.7 Å². The zero-order chi connectivity index (χ0) is 14.4. The minimum Gasteiger partial charge on any atom is -0.508 e. The van der Waals surface area contributed by atoms with E-state index in [0.717, 1.165) is 31.6 Å². The first-order valence-electron chi connectivity index (χ1n) is 6.88. The second-order valence-electron chi connectivity index (χ2n) is 5.00. The normalized spacial score (nSPS) is 17.6. The van der Waals surface area contributed by atoms with Crippen LogP contribution in [-0.4, -0.2) is 43.5 Å². The number of hydrogen-bond acceptors (Lipinski definition) is 5. The molecule has 0 spiro atoms. The summed E-state index contributed by atoms with van der Waals surface area (Å²) in [5.41, 5.74) is 0.903. The summed E-state index contributed by atoms with van der Waals surface area (Å²) in [6.07, 6.45) is 2.29. The number of nitrogens with one attached hydrogen (secondary N) is 1. The van der Waals surface area contributed by atoms with E-state index in [-0.39, 0.29) is 17.8 Å². The van der Waals surface area contributed by atoms with E-state index >= 15 is 0 Å². The predicted molar refractivity (Wildman–Crippen MR) is 74.6 cm³/mol. The van der Waals surface area contributed by atoms with Crippen LogP contribution in [0.15, 0.2) is 24.3 Å². The third-order valence-corrected chi connectivity index (χ3v) is 3.49. The van der Waals surface area contributed by atoms with Crippen molar-refractivity contribution in [1.29, 1.82) is 0 Å². The fourth-order valence-corrected chi connectivity index (χ4v) is 2.42. The molecular formula is C15H21NO4. The molecule has 1 unspecified atom stereocenters. The Morgan fingerprint density at radius 1 is 1.50 bits per heavy atom. The molecular weight excluding hydrogens is 258 g/mol. The van der Waals surface area contributed by atoms with E-state index in [1.807, 2.05) is 6.07 Å². The number of ether oxygens (including phenoxy) is 2. The average Bonchev–Trinajstić information content (AvgIpc) is 2.47. The number of phenols is 1.